The monoisotopic (exact) mass is 666 g/mol. The van der Waals surface area contributed by atoms with Crippen molar-refractivity contribution in [3.05, 3.63) is 60.0 Å². The smallest absolute Gasteiger partial charge is 0.303 e. The van der Waals surface area contributed by atoms with Gasteiger partial charge in [-0.15, -0.1) is 6.58 Å². The fraction of sp³-hybridized carbons (Fsp3) is 0.500. The van der Waals surface area contributed by atoms with Crippen molar-refractivity contribution >= 4 is 40.7 Å². The maximum atomic E-state index is 13.9. The molecule has 6 rings (SSSR count). The highest BCUT2D eigenvalue weighted by molar-refractivity contribution is 5.96. The molecule has 0 bridgehead atoms. The minimum Gasteiger partial charge on any atom is -0.471 e. The number of carbonyl (C=O) groups is 5. The molecule has 0 saturated carbocycles. The molecule has 9 atom stereocenters. The van der Waals surface area contributed by atoms with Crippen LogP contribution in [0.3, 0.4) is 0 Å². The first-order valence-corrected chi connectivity index (χ1v) is 15.8. The number of hydrogen-bond donors (Lipinski definition) is 1. The van der Waals surface area contributed by atoms with E-state index in [1.165, 1.54) is 18.7 Å². The molecule has 1 amide bonds. The first-order valence-electron chi connectivity index (χ1n) is 15.8. The molecule has 0 unspecified atom stereocenters. The van der Waals surface area contributed by atoms with Crippen LogP contribution in [0.5, 0.6) is 0 Å². The second kappa shape index (κ2) is 13.4. The number of piperidine rings is 1. The number of nitrogens with one attached hydrogen (secondary N) is 1. The average Bonchev–Trinajstić information content (AvgIpc) is 3.41. The summed E-state index contributed by atoms with van der Waals surface area (Å²) in [6, 6.07) is 7.85. The molecule has 5 heterocycles. The maximum absolute atomic E-state index is 13.9. The average molecular weight is 667 g/mol. The molecule has 1 N–H and O–H groups in total. The van der Waals surface area contributed by atoms with Crippen molar-refractivity contribution in [2.45, 2.75) is 83.6 Å². The lowest BCUT2D eigenvalue weighted by molar-refractivity contribution is -0.342. The van der Waals surface area contributed by atoms with Gasteiger partial charge in [0, 0.05) is 62.7 Å². The number of aromatic nitrogens is 1. The van der Waals surface area contributed by atoms with Crippen LogP contribution in [-0.2, 0) is 63.6 Å². The number of H-pyrrole nitrogens is 1. The lowest BCUT2D eigenvalue weighted by Crippen LogP contribution is -2.63. The molecular formula is C34H38N2O12. The molecule has 14 nitrogen and oxygen atoms in total. The highest BCUT2D eigenvalue weighted by atomic mass is 16.8. The van der Waals surface area contributed by atoms with E-state index in [1.54, 1.807) is 6.08 Å². The van der Waals surface area contributed by atoms with E-state index in [0.717, 1.165) is 43.8 Å². The van der Waals surface area contributed by atoms with Crippen LogP contribution < -0.4 is 0 Å². The highest BCUT2D eigenvalue weighted by Crippen LogP contribution is 2.48. The Hall–Kier alpha value is -4.69. The third kappa shape index (κ3) is 6.29. The van der Waals surface area contributed by atoms with E-state index < -0.39 is 73.4 Å². The normalized spacial score (nSPS) is 30.8. The molecule has 2 fully saturated rings. The van der Waals surface area contributed by atoms with Crippen LogP contribution in [0.1, 0.15) is 51.4 Å². The van der Waals surface area contributed by atoms with Gasteiger partial charge in [0.05, 0.1) is 17.9 Å². The van der Waals surface area contributed by atoms with Crippen LogP contribution in [0, 0.1) is 11.8 Å². The van der Waals surface area contributed by atoms with Crippen molar-refractivity contribution in [3.63, 3.8) is 0 Å². The molecule has 0 radical (unpaired) electrons. The Morgan fingerprint density at radius 3 is 2.33 bits per heavy atom. The summed E-state index contributed by atoms with van der Waals surface area (Å²) in [5.41, 5.74) is 3.69. The van der Waals surface area contributed by atoms with Crippen LogP contribution in [0.4, 0.5) is 0 Å². The van der Waals surface area contributed by atoms with Crippen molar-refractivity contribution in [2.75, 3.05) is 13.2 Å². The summed E-state index contributed by atoms with van der Waals surface area (Å²) in [5, 5.41) is 1.14. The van der Waals surface area contributed by atoms with Crippen LogP contribution in [-0.4, -0.2) is 89.8 Å². The zero-order valence-corrected chi connectivity index (χ0v) is 27.0. The van der Waals surface area contributed by atoms with Gasteiger partial charge in [-0.2, -0.15) is 0 Å². The Morgan fingerprint density at radius 1 is 0.958 bits per heavy atom. The highest BCUT2D eigenvalue weighted by Gasteiger charge is 2.55. The third-order valence-electron chi connectivity index (χ3n) is 9.14. The summed E-state index contributed by atoms with van der Waals surface area (Å²) in [6.07, 6.45) is -3.61. The fourth-order valence-corrected chi connectivity index (χ4v) is 7.25. The van der Waals surface area contributed by atoms with Crippen molar-refractivity contribution in [1.29, 1.82) is 0 Å². The van der Waals surface area contributed by atoms with Gasteiger partial charge in [0.2, 0.25) is 12.6 Å². The summed E-state index contributed by atoms with van der Waals surface area (Å²) in [5.74, 6) is -3.98. The number of aromatic amines is 1. The number of para-hydroxylation sites is 1. The van der Waals surface area contributed by atoms with Crippen molar-refractivity contribution in [3.8, 4) is 0 Å². The van der Waals surface area contributed by atoms with E-state index in [4.69, 9.17) is 33.2 Å². The molecule has 14 heteroatoms. The van der Waals surface area contributed by atoms with E-state index in [1.807, 2.05) is 23.1 Å². The molecule has 48 heavy (non-hydrogen) atoms. The van der Waals surface area contributed by atoms with Crippen LogP contribution in [0.25, 0.3) is 10.9 Å². The van der Waals surface area contributed by atoms with E-state index in [9.17, 15) is 24.0 Å². The lowest BCUT2D eigenvalue weighted by atomic mass is 9.74. The molecule has 4 aliphatic rings. The van der Waals surface area contributed by atoms with Crippen LogP contribution in [0.15, 0.2) is 48.8 Å². The second-order valence-electron chi connectivity index (χ2n) is 12.3. The molecule has 1 aromatic carbocycles. The molecule has 256 valence electrons. The number of rotatable bonds is 8. The first kappa shape index (κ1) is 33.2. The second-order valence-corrected chi connectivity index (χ2v) is 12.3. The van der Waals surface area contributed by atoms with Gasteiger partial charge in [-0.3, -0.25) is 24.0 Å². The van der Waals surface area contributed by atoms with Gasteiger partial charge in [-0.1, -0.05) is 24.3 Å². The zero-order chi connectivity index (χ0) is 34.3. The molecule has 0 aliphatic carbocycles. The number of benzene rings is 1. The number of carbonyl (C=O) groups excluding carboxylic acids is 5. The van der Waals surface area contributed by atoms with Crippen LogP contribution >= 0.6 is 0 Å². The van der Waals surface area contributed by atoms with Gasteiger partial charge in [0.25, 0.3) is 5.91 Å². The number of ether oxygens (including phenoxy) is 7. The standard InChI is InChI=1S/C34H38N2O12/c1-6-20-23-13-26-28-22(21-9-7-8-10-25(21)35-28)11-12-36(26)32(41)24(23)14-43-33(20)48-34-31(46-19(5)40)30(45-18(4)39)29(44-17(3)38)27(47-34)15-42-16(2)37/h6-10,14,20,23,26-27,29-31,33-35H,1,11-13,15H2,2-5H3/t20-,23+,26-,27-,29-,30+,31-,33+,34+/m1/s1. The largest absolute Gasteiger partial charge is 0.471 e. The van der Waals surface area contributed by atoms with Crippen molar-refractivity contribution in [1.82, 2.24) is 9.88 Å². The van der Waals surface area contributed by atoms with E-state index in [-0.39, 0.29) is 17.9 Å². The summed E-state index contributed by atoms with van der Waals surface area (Å²) >= 11 is 0. The third-order valence-corrected chi connectivity index (χ3v) is 9.14. The Bertz CT molecular complexity index is 1660. The van der Waals surface area contributed by atoms with E-state index in [0.29, 0.717) is 18.5 Å². The van der Waals surface area contributed by atoms with Crippen molar-refractivity contribution in [2.24, 2.45) is 11.8 Å². The Morgan fingerprint density at radius 2 is 1.65 bits per heavy atom. The van der Waals surface area contributed by atoms with Gasteiger partial charge in [-0.05, 0) is 24.5 Å². The minimum absolute atomic E-state index is 0.141. The summed E-state index contributed by atoms with van der Waals surface area (Å²) in [7, 11) is 0. The zero-order valence-electron chi connectivity index (χ0n) is 27.0. The Labute approximate surface area is 276 Å². The predicted molar refractivity (Wildman–Crippen MR) is 164 cm³/mol. The van der Waals surface area contributed by atoms with Gasteiger partial charge in [-0.25, -0.2) is 0 Å². The minimum atomic E-state index is -1.46. The molecule has 1 aromatic heterocycles. The molecule has 2 saturated heterocycles. The van der Waals surface area contributed by atoms with E-state index in [2.05, 4.69) is 17.6 Å². The quantitative estimate of drug-likeness (QED) is 0.249. The topological polar surface area (TPSA) is 169 Å². The summed E-state index contributed by atoms with van der Waals surface area (Å²) in [4.78, 5) is 67.6. The number of hydrogen-bond acceptors (Lipinski definition) is 12. The van der Waals surface area contributed by atoms with Gasteiger partial charge < -0.3 is 43.0 Å². The number of esters is 4. The molecule has 2 aromatic rings. The maximum Gasteiger partial charge on any atom is 0.303 e. The SMILES string of the molecule is C=C[C@H]1[C@H](O[C@@H]2O[C@H](COC(C)=O)[C@@H](OC(C)=O)[C@H](OC(C)=O)[C@H]2OC(C)=O)OC=C2C(=O)N3CCc4c([nH]c5ccccc45)[C@H]3C[C@H]21. The number of nitrogens with zero attached hydrogens (tertiary/aromatic N) is 1. The van der Waals surface area contributed by atoms with Gasteiger partial charge >= 0.3 is 23.9 Å². The summed E-state index contributed by atoms with van der Waals surface area (Å²) in [6.45, 7) is 8.80. The van der Waals surface area contributed by atoms with Gasteiger partial charge in [0.1, 0.15) is 12.7 Å². The fourth-order valence-electron chi connectivity index (χ4n) is 7.25. The van der Waals surface area contributed by atoms with Crippen LogP contribution in [0.2, 0.25) is 0 Å². The number of fused-ring (bicyclic) bond motifs is 6. The predicted octanol–water partition coefficient (Wildman–Crippen LogP) is 2.76. The molecular weight excluding hydrogens is 628 g/mol. The van der Waals surface area contributed by atoms with Crippen molar-refractivity contribution < 1.29 is 57.1 Å². The first-order chi connectivity index (χ1) is 23.0. The van der Waals surface area contributed by atoms with Gasteiger partial charge in [0.15, 0.2) is 18.3 Å². The molecule has 4 aliphatic heterocycles. The summed E-state index contributed by atoms with van der Waals surface area (Å²) < 4.78 is 40.2. The Balaban J connectivity index is 1.31. The Kier molecular flexibility index (Phi) is 9.30. The molecule has 0 spiro atoms. The van der Waals surface area contributed by atoms with E-state index >= 15 is 0 Å². The number of amides is 1. The lowest BCUT2D eigenvalue weighted by Gasteiger charge is -2.48.